The van der Waals surface area contributed by atoms with Crippen LogP contribution >= 0.6 is 0 Å². The van der Waals surface area contributed by atoms with Gasteiger partial charge in [-0.25, -0.2) is 14.8 Å². The number of nitrogens with one attached hydrogen (secondary N) is 1. The van der Waals surface area contributed by atoms with E-state index in [0.717, 1.165) is 4.90 Å². The molecule has 2 aromatic rings. The summed E-state index contributed by atoms with van der Waals surface area (Å²) < 4.78 is 5.41. The average molecular weight is 501 g/mol. The molecule has 1 aliphatic heterocycles. The van der Waals surface area contributed by atoms with Crippen LogP contribution in [0, 0.1) is 11.8 Å². The summed E-state index contributed by atoms with van der Waals surface area (Å²) in [6.07, 6.45) is 2.21. The summed E-state index contributed by atoms with van der Waals surface area (Å²) in [7, 11) is 0. The van der Waals surface area contributed by atoms with Crippen molar-refractivity contribution in [1.82, 2.24) is 19.8 Å². The minimum atomic E-state index is -1.15. The highest BCUT2D eigenvalue weighted by atomic mass is 16.4. The number of carbonyl (C=O) groups is 3. The smallest absolute Gasteiger partial charge is 0.407 e. The molecule has 0 bridgehead atoms. The normalized spacial score (nSPS) is 18.2. The first-order valence-corrected chi connectivity index (χ1v) is 12.1. The van der Waals surface area contributed by atoms with Gasteiger partial charge in [-0.15, -0.1) is 0 Å². The number of anilines is 1. The second kappa shape index (κ2) is 11.0. The summed E-state index contributed by atoms with van der Waals surface area (Å²) in [4.78, 5) is 49.7. The average Bonchev–Trinajstić information content (AvgIpc) is 3.33. The number of nitrogens with zero attached hydrogens (tertiary/aromatic N) is 4. The highest BCUT2D eigenvalue weighted by Crippen LogP contribution is 2.27. The van der Waals surface area contributed by atoms with Crippen molar-refractivity contribution < 1.29 is 23.9 Å². The summed E-state index contributed by atoms with van der Waals surface area (Å²) in [5, 5.41) is 12.8. The van der Waals surface area contributed by atoms with Crippen molar-refractivity contribution in [3.8, 4) is 0 Å². The van der Waals surface area contributed by atoms with Gasteiger partial charge in [-0.1, -0.05) is 34.6 Å². The summed E-state index contributed by atoms with van der Waals surface area (Å²) in [6, 6.07) is 3.07. The molecule has 2 atom stereocenters. The second-order valence-corrected chi connectivity index (χ2v) is 10.7. The molecular formula is C25H36N6O5. The zero-order chi connectivity index (χ0) is 26.6. The number of piperidine rings is 1. The maximum atomic E-state index is 14.0. The minimum Gasteiger partial charge on any atom is -0.467 e. The standard InChI is InChI=1S/C25H36N6O5/c1-15(2)12-31(17-9-16(20(26)32)13-30(14-17)24(34)35)22(33)19-11-28-23(25(3,4)5)29-21(19)27-10-18-7-6-8-36-18/h6-8,11,15-17H,9-10,12-14H2,1-5H3,(H2,26,32)(H,34,35)(H,27,28,29)/t16-,17+/m0/s1. The Morgan fingerprint density at radius 3 is 2.58 bits per heavy atom. The Morgan fingerprint density at radius 1 is 1.31 bits per heavy atom. The van der Waals surface area contributed by atoms with Crippen LogP contribution in [0.2, 0.25) is 0 Å². The fourth-order valence-electron chi connectivity index (χ4n) is 4.22. The van der Waals surface area contributed by atoms with Crippen LogP contribution < -0.4 is 11.1 Å². The Bertz CT molecular complexity index is 1060. The summed E-state index contributed by atoms with van der Waals surface area (Å²) >= 11 is 0. The molecule has 0 radical (unpaired) electrons. The van der Waals surface area contributed by atoms with Crippen molar-refractivity contribution >= 4 is 23.7 Å². The van der Waals surface area contributed by atoms with Crippen LogP contribution in [0.3, 0.4) is 0 Å². The van der Waals surface area contributed by atoms with Crippen molar-refractivity contribution in [3.05, 3.63) is 41.7 Å². The Morgan fingerprint density at radius 2 is 2.03 bits per heavy atom. The molecular weight excluding hydrogens is 464 g/mol. The Kier molecular flexibility index (Phi) is 8.21. The lowest BCUT2D eigenvalue weighted by atomic mass is 9.92. The van der Waals surface area contributed by atoms with Gasteiger partial charge in [0.25, 0.3) is 5.91 Å². The molecule has 0 unspecified atom stereocenters. The first-order valence-electron chi connectivity index (χ1n) is 12.1. The van der Waals surface area contributed by atoms with Gasteiger partial charge in [0, 0.05) is 31.2 Å². The first-order chi connectivity index (χ1) is 16.9. The SMILES string of the molecule is CC(C)CN(C(=O)c1cnc(C(C)(C)C)nc1NCc1ccco1)[C@@H]1C[C@H](C(N)=O)CN(C(=O)O)C1. The van der Waals surface area contributed by atoms with Crippen LogP contribution in [-0.2, 0) is 16.8 Å². The van der Waals surface area contributed by atoms with Gasteiger partial charge in [-0.05, 0) is 24.5 Å². The van der Waals surface area contributed by atoms with Gasteiger partial charge < -0.3 is 30.4 Å². The lowest BCUT2D eigenvalue weighted by Gasteiger charge is -2.41. The lowest BCUT2D eigenvalue weighted by molar-refractivity contribution is -0.124. The van der Waals surface area contributed by atoms with Crippen molar-refractivity contribution in [2.24, 2.45) is 17.6 Å². The molecule has 196 valence electrons. The fourth-order valence-corrected chi connectivity index (χ4v) is 4.22. The molecule has 0 saturated carbocycles. The molecule has 0 aliphatic carbocycles. The van der Waals surface area contributed by atoms with E-state index in [1.165, 1.54) is 6.20 Å². The quantitative estimate of drug-likeness (QED) is 0.500. The van der Waals surface area contributed by atoms with Crippen molar-refractivity contribution in [2.75, 3.05) is 25.0 Å². The van der Waals surface area contributed by atoms with Crippen LogP contribution in [0.1, 0.15) is 63.0 Å². The molecule has 36 heavy (non-hydrogen) atoms. The molecule has 0 aromatic carbocycles. The number of carbonyl (C=O) groups excluding carboxylic acids is 2. The highest BCUT2D eigenvalue weighted by Gasteiger charge is 2.38. The molecule has 1 fully saturated rings. The van der Waals surface area contributed by atoms with Crippen molar-refractivity contribution in [1.29, 1.82) is 0 Å². The number of rotatable bonds is 8. The monoisotopic (exact) mass is 500 g/mol. The van der Waals surface area contributed by atoms with E-state index in [4.69, 9.17) is 10.2 Å². The Labute approximate surface area is 211 Å². The van der Waals surface area contributed by atoms with Gasteiger partial charge in [0.2, 0.25) is 5.91 Å². The van der Waals surface area contributed by atoms with E-state index in [0.29, 0.717) is 30.5 Å². The third kappa shape index (κ3) is 6.52. The van der Waals surface area contributed by atoms with Crippen LogP contribution in [0.5, 0.6) is 0 Å². The highest BCUT2D eigenvalue weighted by molar-refractivity contribution is 5.98. The predicted octanol–water partition coefficient (Wildman–Crippen LogP) is 2.93. The van der Waals surface area contributed by atoms with Gasteiger partial charge >= 0.3 is 6.09 Å². The first kappa shape index (κ1) is 27.0. The fraction of sp³-hybridized carbons (Fsp3) is 0.560. The van der Waals surface area contributed by atoms with E-state index >= 15 is 0 Å². The maximum Gasteiger partial charge on any atom is 0.407 e. The number of hydrogen-bond donors (Lipinski definition) is 3. The number of hydrogen-bond acceptors (Lipinski definition) is 7. The van der Waals surface area contributed by atoms with E-state index in [2.05, 4.69) is 15.3 Å². The molecule has 11 nitrogen and oxygen atoms in total. The van der Waals surface area contributed by atoms with E-state index in [1.807, 2.05) is 40.7 Å². The largest absolute Gasteiger partial charge is 0.467 e. The van der Waals surface area contributed by atoms with Crippen LogP contribution in [0.15, 0.2) is 29.0 Å². The van der Waals surface area contributed by atoms with Crippen molar-refractivity contribution in [3.63, 3.8) is 0 Å². The van der Waals surface area contributed by atoms with Crippen molar-refractivity contribution in [2.45, 2.75) is 59.0 Å². The number of furan rings is 1. The number of primary amides is 1. The molecule has 2 aromatic heterocycles. The van der Waals surface area contributed by atoms with Crippen LogP contribution in [0.25, 0.3) is 0 Å². The molecule has 11 heteroatoms. The molecule has 3 rings (SSSR count). The third-order valence-electron chi connectivity index (χ3n) is 6.07. The molecule has 4 N–H and O–H groups in total. The topological polar surface area (TPSA) is 155 Å². The number of aromatic nitrogens is 2. The second-order valence-electron chi connectivity index (χ2n) is 10.7. The zero-order valence-corrected chi connectivity index (χ0v) is 21.5. The maximum absolute atomic E-state index is 14.0. The Hall–Kier alpha value is -3.63. The van der Waals surface area contributed by atoms with E-state index in [-0.39, 0.29) is 42.3 Å². The Balaban J connectivity index is 1.99. The van der Waals surface area contributed by atoms with Crippen LogP contribution in [-0.4, -0.2) is 68.5 Å². The zero-order valence-electron chi connectivity index (χ0n) is 21.5. The molecule has 3 amide bonds. The molecule has 1 saturated heterocycles. The number of carboxylic acid groups (broad SMARTS) is 1. The van der Waals surface area contributed by atoms with Gasteiger partial charge in [0.1, 0.15) is 23.0 Å². The van der Waals surface area contributed by atoms with Gasteiger partial charge in [-0.2, -0.15) is 0 Å². The summed E-state index contributed by atoms with van der Waals surface area (Å²) in [5.74, 6) is 0.0985. The number of likely N-dealkylation sites (tertiary alicyclic amines) is 1. The molecule has 3 heterocycles. The lowest BCUT2D eigenvalue weighted by Crippen LogP contribution is -2.56. The van der Waals surface area contributed by atoms with Gasteiger partial charge in [0.05, 0.1) is 24.8 Å². The predicted molar refractivity (Wildman–Crippen MR) is 133 cm³/mol. The van der Waals surface area contributed by atoms with E-state index in [1.54, 1.807) is 17.2 Å². The number of nitrogens with two attached hydrogens (primary N) is 1. The number of amides is 3. The molecule has 1 aliphatic rings. The molecule has 0 spiro atoms. The summed E-state index contributed by atoms with van der Waals surface area (Å²) in [6.45, 7) is 10.7. The van der Waals surface area contributed by atoms with Gasteiger partial charge in [0.15, 0.2) is 0 Å². The third-order valence-corrected chi connectivity index (χ3v) is 6.07. The van der Waals surface area contributed by atoms with E-state index in [9.17, 15) is 19.5 Å². The van der Waals surface area contributed by atoms with Crippen LogP contribution in [0.4, 0.5) is 10.6 Å². The summed E-state index contributed by atoms with van der Waals surface area (Å²) in [5.41, 5.74) is 5.46. The van der Waals surface area contributed by atoms with Gasteiger partial charge in [-0.3, -0.25) is 9.59 Å². The minimum absolute atomic E-state index is 0.0181. The van der Waals surface area contributed by atoms with E-state index < -0.39 is 24.0 Å².